The van der Waals surface area contributed by atoms with E-state index in [-0.39, 0.29) is 0 Å². The first-order valence-corrected chi connectivity index (χ1v) is 6.56. The average molecular weight is 257 g/mol. The summed E-state index contributed by atoms with van der Waals surface area (Å²) in [5.74, 6) is 2.36. The maximum absolute atomic E-state index is 5.63. The molecule has 4 heteroatoms. The quantitative estimate of drug-likeness (QED) is 0.893. The Balaban J connectivity index is 2.46. The van der Waals surface area contributed by atoms with Gasteiger partial charge in [0.05, 0.1) is 12.2 Å². The van der Waals surface area contributed by atoms with Gasteiger partial charge in [-0.15, -0.1) is 0 Å². The van der Waals surface area contributed by atoms with Crippen LogP contribution in [0.15, 0.2) is 30.3 Å². The van der Waals surface area contributed by atoms with Crippen molar-refractivity contribution in [2.24, 2.45) is 0 Å². The summed E-state index contributed by atoms with van der Waals surface area (Å²) in [5, 5.41) is 3.22. The van der Waals surface area contributed by atoms with Gasteiger partial charge in [0.25, 0.3) is 0 Å². The minimum Gasteiger partial charge on any atom is -0.493 e. The van der Waals surface area contributed by atoms with Crippen LogP contribution < -0.4 is 10.1 Å². The van der Waals surface area contributed by atoms with Crippen LogP contribution in [-0.4, -0.2) is 23.1 Å². The summed E-state index contributed by atoms with van der Waals surface area (Å²) >= 11 is 0. The van der Waals surface area contributed by atoms with E-state index in [2.05, 4.69) is 15.3 Å². The zero-order chi connectivity index (χ0) is 13.7. The van der Waals surface area contributed by atoms with Gasteiger partial charge in [0.15, 0.2) is 5.82 Å². The van der Waals surface area contributed by atoms with Crippen LogP contribution in [0.1, 0.15) is 19.5 Å². The van der Waals surface area contributed by atoms with Gasteiger partial charge in [-0.2, -0.15) is 0 Å². The number of benzene rings is 1. The molecular formula is C15H19N3O. The molecule has 0 bridgehead atoms. The van der Waals surface area contributed by atoms with Crippen LogP contribution in [0.2, 0.25) is 0 Å². The van der Waals surface area contributed by atoms with Crippen LogP contribution in [0.25, 0.3) is 11.4 Å². The number of para-hydroxylation sites is 1. The highest BCUT2D eigenvalue weighted by molar-refractivity contribution is 5.65. The monoisotopic (exact) mass is 257 g/mol. The standard InChI is InChI=1S/C15H19N3O/c1-4-16-14-10-11(3)17-15(18-14)12-8-6-7-9-13(12)19-5-2/h6-10H,4-5H2,1-3H3,(H,16,17,18). The third-order valence-electron chi connectivity index (χ3n) is 2.64. The van der Waals surface area contributed by atoms with Gasteiger partial charge in [-0.05, 0) is 32.9 Å². The highest BCUT2D eigenvalue weighted by atomic mass is 16.5. The van der Waals surface area contributed by atoms with Gasteiger partial charge in [-0.1, -0.05) is 12.1 Å². The summed E-state index contributed by atoms with van der Waals surface area (Å²) in [7, 11) is 0. The zero-order valence-corrected chi connectivity index (χ0v) is 11.6. The first-order valence-electron chi connectivity index (χ1n) is 6.56. The van der Waals surface area contributed by atoms with Crippen molar-refractivity contribution in [2.75, 3.05) is 18.5 Å². The van der Waals surface area contributed by atoms with Crippen molar-refractivity contribution < 1.29 is 4.74 Å². The number of hydrogen-bond donors (Lipinski definition) is 1. The lowest BCUT2D eigenvalue weighted by Crippen LogP contribution is -2.03. The molecule has 0 saturated heterocycles. The third kappa shape index (κ3) is 3.22. The number of ether oxygens (including phenoxy) is 1. The second kappa shape index (κ2) is 6.18. The Morgan fingerprint density at radius 3 is 2.68 bits per heavy atom. The van der Waals surface area contributed by atoms with Crippen LogP contribution in [-0.2, 0) is 0 Å². The number of rotatable bonds is 5. The molecule has 0 spiro atoms. The normalized spacial score (nSPS) is 10.3. The molecule has 1 N–H and O–H groups in total. The van der Waals surface area contributed by atoms with E-state index in [4.69, 9.17) is 4.74 Å². The summed E-state index contributed by atoms with van der Waals surface area (Å²) in [5.41, 5.74) is 1.86. The molecule has 1 aromatic carbocycles. The molecule has 4 nitrogen and oxygen atoms in total. The Hall–Kier alpha value is -2.10. The predicted octanol–water partition coefficient (Wildman–Crippen LogP) is 3.28. The van der Waals surface area contributed by atoms with Gasteiger partial charge >= 0.3 is 0 Å². The maximum Gasteiger partial charge on any atom is 0.165 e. The van der Waals surface area contributed by atoms with Crippen molar-refractivity contribution in [1.82, 2.24) is 9.97 Å². The number of nitrogens with one attached hydrogen (secondary N) is 1. The van der Waals surface area contributed by atoms with E-state index in [1.165, 1.54) is 0 Å². The molecular weight excluding hydrogens is 238 g/mol. The van der Waals surface area contributed by atoms with Gasteiger partial charge in [-0.25, -0.2) is 9.97 Å². The molecule has 2 rings (SSSR count). The van der Waals surface area contributed by atoms with Gasteiger partial charge < -0.3 is 10.1 Å². The molecule has 19 heavy (non-hydrogen) atoms. The molecule has 2 aromatic rings. The average Bonchev–Trinajstić information content (AvgIpc) is 2.39. The number of aromatic nitrogens is 2. The number of anilines is 1. The SMILES string of the molecule is CCNc1cc(C)nc(-c2ccccc2OCC)n1. The minimum absolute atomic E-state index is 0.628. The Kier molecular flexibility index (Phi) is 4.34. The minimum atomic E-state index is 0.628. The summed E-state index contributed by atoms with van der Waals surface area (Å²) < 4.78 is 5.63. The lowest BCUT2D eigenvalue weighted by molar-refractivity contribution is 0.341. The second-order valence-corrected chi connectivity index (χ2v) is 4.18. The van der Waals surface area contributed by atoms with Crippen molar-refractivity contribution >= 4 is 5.82 Å². The van der Waals surface area contributed by atoms with E-state index in [9.17, 15) is 0 Å². The summed E-state index contributed by atoms with van der Waals surface area (Å²) in [4.78, 5) is 9.03. The molecule has 0 atom stereocenters. The molecule has 1 heterocycles. The van der Waals surface area contributed by atoms with Crippen molar-refractivity contribution in [3.05, 3.63) is 36.0 Å². The van der Waals surface area contributed by atoms with E-state index in [0.717, 1.165) is 29.4 Å². The van der Waals surface area contributed by atoms with Gasteiger partial charge in [-0.3, -0.25) is 0 Å². The maximum atomic E-state index is 5.63. The van der Waals surface area contributed by atoms with Crippen LogP contribution in [0, 0.1) is 6.92 Å². The van der Waals surface area contributed by atoms with Gasteiger partial charge in [0, 0.05) is 18.3 Å². The van der Waals surface area contributed by atoms with Crippen molar-refractivity contribution in [3.63, 3.8) is 0 Å². The Morgan fingerprint density at radius 2 is 1.95 bits per heavy atom. The fraction of sp³-hybridized carbons (Fsp3) is 0.333. The molecule has 0 aliphatic heterocycles. The van der Waals surface area contributed by atoms with Crippen LogP contribution >= 0.6 is 0 Å². The lowest BCUT2D eigenvalue weighted by atomic mass is 10.2. The van der Waals surface area contributed by atoms with Gasteiger partial charge in [0.1, 0.15) is 11.6 Å². The van der Waals surface area contributed by atoms with E-state index < -0.39 is 0 Å². The fourth-order valence-corrected chi connectivity index (χ4v) is 1.89. The smallest absolute Gasteiger partial charge is 0.165 e. The number of hydrogen-bond acceptors (Lipinski definition) is 4. The van der Waals surface area contributed by atoms with Crippen LogP contribution in [0.3, 0.4) is 0 Å². The first kappa shape index (κ1) is 13.3. The second-order valence-electron chi connectivity index (χ2n) is 4.18. The number of nitrogens with zero attached hydrogens (tertiary/aromatic N) is 2. The molecule has 0 aliphatic rings. The molecule has 0 fully saturated rings. The van der Waals surface area contributed by atoms with Crippen LogP contribution in [0.4, 0.5) is 5.82 Å². The summed E-state index contributed by atoms with van der Waals surface area (Å²) in [6.45, 7) is 7.45. The van der Waals surface area contributed by atoms with E-state index in [1.54, 1.807) is 0 Å². The molecule has 0 saturated carbocycles. The van der Waals surface area contributed by atoms with E-state index in [0.29, 0.717) is 12.4 Å². The fourth-order valence-electron chi connectivity index (χ4n) is 1.89. The van der Waals surface area contributed by atoms with Crippen molar-refractivity contribution in [2.45, 2.75) is 20.8 Å². The van der Waals surface area contributed by atoms with E-state index >= 15 is 0 Å². The Labute approximate surface area is 113 Å². The zero-order valence-electron chi connectivity index (χ0n) is 11.6. The Bertz CT molecular complexity index is 555. The highest BCUT2D eigenvalue weighted by Crippen LogP contribution is 2.28. The van der Waals surface area contributed by atoms with Crippen LogP contribution in [0.5, 0.6) is 5.75 Å². The van der Waals surface area contributed by atoms with Crippen molar-refractivity contribution in [3.8, 4) is 17.1 Å². The molecule has 1 aromatic heterocycles. The summed E-state index contributed by atoms with van der Waals surface area (Å²) in [6, 6.07) is 9.79. The van der Waals surface area contributed by atoms with Gasteiger partial charge in [0.2, 0.25) is 0 Å². The predicted molar refractivity (Wildman–Crippen MR) is 77.5 cm³/mol. The number of aryl methyl sites for hydroxylation is 1. The molecule has 0 aliphatic carbocycles. The Morgan fingerprint density at radius 1 is 1.16 bits per heavy atom. The topological polar surface area (TPSA) is 47.0 Å². The van der Waals surface area contributed by atoms with Crippen molar-refractivity contribution in [1.29, 1.82) is 0 Å². The highest BCUT2D eigenvalue weighted by Gasteiger charge is 2.10. The lowest BCUT2D eigenvalue weighted by Gasteiger charge is -2.11. The first-order chi connectivity index (χ1) is 9.24. The molecule has 0 unspecified atom stereocenters. The van der Waals surface area contributed by atoms with E-state index in [1.807, 2.05) is 51.1 Å². The molecule has 100 valence electrons. The molecule has 0 amide bonds. The largest absolute Gasteiger partial charge is 0.493 e. The molecule has 0 radical (unpaired) electrons. The third-order valence-corrected chi connectivity index (χ3v) is 2.64. The summed E-state index contributed by atoms with van der Waals surface area (Å²) in [6.07, 6.45) is 0.